The number of methoxy groups -OCH3 is 2. The van der Waals surface area contributed by atoms with E-state index in [9.17, 15) is 4.79 Å². The highest BCUT2D eigenvalue weighted by Crippen LogP contribution is 2.38. The highest BCUT2D eigenvalue weighted by atomic mass is 32.1. The van der Waals surface area contributed by atoms with Gasteiger partial charge >= 0.3 is 5.97 Å². The van der Waals surface area contributed by atoms with Gasteiger partial charge in [0.25, 0.3) is 0 Å². The van der Waals surface area contributed by atoms with Gasteiger partial charge in [-0.2, -0.15) is 0 Å². The Labute approximate surface area is 143 Å². The van der Waals surface area contributed by atoms with Crippen LogP contribution in [0.3, 0.4) is 0 Å². The van der Waals surface area contributed by atoms with Crippen LogP contribution in [0.1, 0.15) is 5.56 Å². The SMILES string of the molecule is COC(=O)C=Cc1ccccc1Oc1csc2cc(OC)ccc12. The lowest BCUT2D eigenvalue weighted by Gasteiger charge is -2.08. The summed E-state index contributed by atoms with van der Waals surface area (Å²) in [6.07, 6.45) is 3.05. The molecule has 0 aliphatic heterocycles. The average molecular weight is 340 g/mol. The van der Waals surface area contributed by atoms with Crippen molar-refractivity contribution >= 4 is 33.5 Å². The molecule has 3 rings (SSSR count). The Morgan fingerprint density at radius 1 is 1.08 bits per heavy atom. The first-order valence-corrected chi connectivity index (χ1v) is 8.17. The molecule has 0 bridgehead atoms. The molecule has 0 unspecified atom stereocenters. The number of rotatable bonds is 5. The molecule has 0 radical (unpaired) electrons. The summed E-state index contributed by atoms with van der Waals surface area (Å²) >= 11 is 1.59. The molecule has 24 heavy (non-hydrogen) atoms. The van der Waals surface area contributed by atoms with Gasteiger partial charge in [-0.05, 0) is 30.3 Å². The lowest BCUT2D eigenvalue weighted by molar-refractivity contribution is -0.134. The first-order valence-electron chi connectivity index (χ1n) is 7.29. The summed E-state index contributed by atoms with van der Waals surface area (Å²) in [6.45, 7) is 0. The topological polar surface area (TPSA) is 44.8 Å². The number of fused-ring (bicyclic) bond motifs is 1. The molecule has 5 heteroatoms. The van der Waals surface area contributed by atoms with Gasteiger partial charge in [0.1, 0.15) is 17.2 Å². The Morgan fingerprint density at radius 2 is 1.92 bits per heavy atom. The molecule has 0 spiro atoms. The maximum absolute atomic E-state index is 11.3. The van der Waals surface area contributed by atoms with Gasteiger partial charge in [0, 0.05) is 27.1 Å². The summed E-state index contributed by atoms with van der Waals surface area (Å²) in [7, 11) is 3.00. The molecule has 0 N–H and O–H groups in total. The zero-order valence-corrected chi connectivity index (χ0v) is 14.1. The summed E-state index contributed by atoms with van der Waals surface area (Å²) in [5.41, 5.74) is 0.802. The van der Waals surface area contributed by atoms with Crippen LogP contribution in [0.5, 0.6) is 17.2 Å². The average Bonchev–Trinajstić information content (AvgIpc) is 3.02. The molecule has 1 heterocycles. The number of benzene rings is 2. The van der Waals surface area contributed by atoms with E-state index in [0.717, 1.165) is 27.1 Å². The van der Waals surface area contributed by atoms with Crippen LogP contribution in [0.15, 0.2) is 53.9 Å². The Bertz CT molecular complexity index is 895. The summed E-state index contributed by atoms with van der Waals surface area (Å²) in [6, 6.07) is 13.4. The summed E-state index contributed by atoms with van der Waals surface area (Å²) in [5, 5.41) is 2.98. The molecule has 0 atom stereocenters. The number of thiophene rings is 1. The number of hydrogen-bond acceptors (Lipinski definition) is 5. The second-order valence-corrected chi connectivity index (χ2v) is 5.87. The minimum Gasteiger partial charge on any atom is -0.497 e. The van der Waals surface area contributed by atoms with E-state index in [4.69, 9.17) is 9.47 Å². The van der Waals surface area contributed by atoms with Gasteiger partial charge in [-0.15, -0.1) is 11.3 Å². The lowest BCUT2D eigenvalue weighted by atomic mass is 10.2. The molecule has 0 saturated heterocycles. The van der Waals surface area contributed by atoms with Gasteiger partial charge in [-0.25, -0.2) is 4.79 Å². The predicted octanol–water partition coefficient (Wildman–Crippen LogP) is 4.89. The molecule has 3 aromatic rings. The Balaban J connectivity index is 1.92. The van der Waals surface area contributed by atoms with Gasteiger partial charge in [0.15, 0.2) is 0 Å². The Morgan fingerprint density at radius 3 is 2.71 bits per heavy atom. The Kier molecular flexibility index (Phi) is 4.82. The van der Waals surface area contributed by atoms with Gasteiger partial charge in [0.05, 0.1) is 14.2 Å². The first kappa shape index (κ1) is 16.1. The zero-order valence-electron chi connectivity index (χ0n) is 13.3. The number of hydrogen-bond donors (Lipinski definition) is 0. The van der Waals surface area contributed by atoms with E-state index in [2.05, 4.69) is 4.74 Å². The fourth-order valence-electron chi connectivity index (χ4n) is 2.25. The highest BCUT2D eigenvalue weighted by molar-refractivity contribution is 7.17. The van der Waals surface area contributed by atoms with Crippen molar-refractivity contribution in [2.24, 2.45) is 0 Å². The second-order valence-electron chi connectivity index (χ2n) is 4.96. The number of carbonyl (C=O) groups excluding carboxylic acids is 1. The van der Waals surface area contributed by atoms with Crippen molar-refractivity contribution in [3.63, 3.8) is 0 Å². The van der Waals surface area contributed by atoms with Crippen molar-refractivity contribution in [1.29, 1.82) is 0 Å². The minimum absolute atomic E-state index is 0.405. The van der Waals surface area contributed by atoms with Gasteiger partial charge in [-0.1, -0.05) is 18.2 Å². The van der Waals surface area contributed by atoms with Gasteiger partial charge in [-0.3, -0.25) is 0 Å². The third-order valence-electron chi connectivity index (χ3n) is 3.49. The fourth-order valence-corrected chi connectivity index (χ4v) is 3.13. The third-order valence-corrected chi connectivity index (χ3v) is 4.41. The normalized spacial score (nSPS) is 10.9. The molecule has 0 saturated carbocycles. The largest absolute Gasteiger partial charge is 0.497 e. The molecular weight excluding hydrogens is 324 g/mol. The molecule has 2 aromatic carbocycles. The fraction of sp³-hybridized carbons (Fsp3) is 0.105. The summed E-state index contributed by atoms with van der Waals surface area (Å²) < 4.78 is 17.0. The number of para-hydroxylation sites is 1. The molecule has 0 aliphatic carbocycles. The number of ether oxygens (including phenoxy) is 3. The number of esters is 1. The van der Waals surface area contributed by atoms with Crippen LogP contribution in [-0.2, 0) is 9.53 Å². The standard InChI is InChI=1S/C19H16O4S/c1-21-14-8-9-15-17(12-24-18(15)11-14)23-16-6-4-3-5-13(16)7-10-19(20)22-2/h3-12H,1-2H3. The summed E-state index contributed by atoms with van der Waals surface area (Å²) in [5.74, 6) is 1.86. The van der Waals surface area contributed by atoms with Crippen LogP contribution in [0.2, 0.25) is 0 Å². The monoisotopic (exact) mass is 340 g/mol. The van der Waals surface area contributed by atoms with Crippen molar-refractivity contribution < 1.29 is 19.0 Å². The molecule has 0 aliphatic rings. The van der Waals surface area contributed by atoms with E-state index >= 15 is 0 Å². The van der Waals surface area contributed by atoms with E-state index < -0.39 is 5.97 Å². The maximum Gasteiger partial charge on any atom is 0.330 e. The van der Waals surface area contributed by atoms with Crippen molar-refractivity contribution in [2.45, 2.75) is 0 Å². The highest BCUT2D eigenvalue weighted by Gasteiger charge is 2.09. The van der Waals surface area contributed by atoms with Crippen molar-refractivity contribution in [3.8, 4) is 17.2 Å². The molecule has 1 aromatic heterocycles. The second kappa shape index (κ2) is 7.19. The maximum atomic E-state index is 11.3. The van der Waals surface area contributed by atoms with Crippen LogP contribution in [0.4, 0.5) is 0 Å². The first-order chi connectivity index (χ1) is 11.7. The van der Waals surface area contributed by atoms with Crippen LogP contribution < -0.4 is 9.47 Å². The van der Waals surface area contributed by atoms with E-state index in [1.54, 1.807) is 24.5 Å². The Hall–Kier alpha value is -2.79. The number of carbonyl (C=O) groups is 1. The zero-order chi connectivity index (χ0) is 16.9. The molecular formula is C19H16O4S. The lowest BCUT2D eigenvalue weighted by Crippen LogP contribution is -1.93. The van der Waals surface area contributed by atoms with Gasteiger partial charge in [0.2, 0.25) is 0 Å². The van der Waals surface area contributed by atoms with E-state index in [1.165, 1.54) is 13.2 Å². The van der Waals surface area contributed by atoms with Crippen LogP contribution in [0, 0.1) is 0 Å². The third kappa shape index (κ3) is 3.41. The van der Waals surface area contributed by atoms with Crippen molar-refractivity contribution in [3.05, 3.63) is 59.5 Å². The molecule has 4 nitrogen and oxygen atoms in total. The van der Waals surface area contributed by atoms with Crippen molar-refractivity contribution in [1.82, 2.24) is 0 Å². The van der Waals surface area contributed by atoms with Gasteiger partial charge < -0.3 is 14.2 Å². The minimum atomic E-state index is -0.405. The predicted molar refractivity (Wildman–Crippen MR) is 95.9 cm³/mol. The smallest absolute Gasteiger partial charge is 0.330 e. The van der Waals surface area contributed by atoms with Crippen LogP contribution in [-0.4, -0.2) is 20.2 Å². The summed E-state index contributed by atoms with van der Waals surface area (Å²) in [4.78, 5) is 11.3. The molecule has 122 valence electrons. The van der Waals surface area contributed by atoms with Crippen LogP contribution >= 0.6 is 11.3 Å². The van der Waals surface area contributed by atoms with E-state index in [-0.39, 0.29) is 0 Å². The molecule has 0 fully saturated rings. The van der Waals surface area contributed by atoms with Crippen molar-refractivity contribution in [2.75, 3.05) is 14.2 Å². The molecule has 0 amide bonds. The van der Waals surface area contributed by atoms with Crippen LogP contribution in [0.25, 0.3) is 16.2 Å². The van der Waals surface area contributed by atoms with E-state index in [1.807, 2.05) is 47.8 Å². The van der Waals surface area contributed by atoms with E-state index in [0.29, 0.717) is 5.75 Å². The quantitative estimate of drug-likeness (QED) is 0.490.